The van der Waals surface area contributed by atoms with Crippen molar-refractivity contribution in [2.45, 2.75) is 19.8 Å². The Morgan fingerprint density at radius 2 is 1.96 bits per heavy atom. The van der Waals surface area contributed by atoms with E-state index in [9.17, 15) is 5.26 Å². The molecule has 0 fully saturated rings. The number of ether oxygens (including phenoxy) is 2. The van der Waals surface area contributed by atoms with Gasteiger partial charge in [-0.15, -0.1) is 11.3 Å². The number of nitriles is 1. The fourth-order valence-corrected chi connectivity index (χ4v) is 3.64. The van der Waals surface area contributed by atoms with E-state index in [0.717, 1.165) is 28.4 Å². The van der Waals surface area contributed by atoms with Gasteiger partial charge in [-0.25, -0.2) is 4.98 Å². The standard InChI is InChI=1S/C22H19N3O2S/c1-14(2)15-3-6-18(7-4-15)24-11-17(10-23)22-25-19(12-28-22)16-5-8-20-21(9-16)27-13-26-20/h3-9,11-12,14,24H,13H2,1-2H3. The van der Waals surface area contributed by atoms with Crippen molar-refractivity contribution < 1.29 is 9.47 Å². The third kappa shape index (κ3) is 3.71. The monoisotopic (exact) mass is 389 g/mol. The van der Waals surface area contributed by atoms with Crippen LogP contribution in [0, 0.1) is 11.3 Å². The van der Waals surface area contributed by atoms with Crippen molar-refractivity contribution >= 4 is 22.6 Å². The Balaban J connectivity index is 1.52. The molecule has 28 heavy (non-hydrogen) atoms. The number of fused-ring (bicyclic) bond motifs is 1. The number of allylic oxidation sites excluding steroid dienone is 1. The number of benzene rings is 2. The van der Waals surface area contributed by atoms with E-state index in [4.69, 9.17) is 9.47 Å². The molecular weight excluding hydrogens is 370 g/mol. The van der Waals surface area contributed by atoms with E-state index in [1.54, 1.807) is 6.20 Å². The van der Waals surface area contributed by atoms with Crippen LogP contribution in [0.4, 0.5) is 5.69 Å². The van der Waals surface area contributed by atoms with Gasteiger partial charge in [-0.1, -0.05) is 26.0 Å². The number of rotatable bonds is 5. The van der Waals surface area contributed by atoms with Gasteiger partial charge in [0.1, 0.15) is 16.6 Å². The summed E-state index contributed by atoms with van der Waals surface area (Å²) in [6.45, 7) is 4.57. The van der Waals surface area contributed by atoms with Crippen LogP contribution < -0.4 is 14.8 Å². The van der Waals surface area contributed by atoms with E-state index in [2.05, 4.69) is 42.4 Å². The maximum absolute atomic E-state index is 9.55. The average molecular weight is 389 g/mol. The number of hydrogen-bond acceptors (Lipinski definition) is 6. The van der Waals surface area contributed by atoms with Gasteiger partial charge >= 0.3 is 0 Å². The van der Waals surface area contributed by atoms with E-state index in [1.807, 2.05) is 35.7 Å². The molecule has 4 rings (SSSR count). The number of anilines is 1. The lowest BCUT2D eigenvalue weighted by Gasteiger charge is -2.06. The molecule has 0 amide bonds. The maximum Gasteiger partial charge on any atom is 0.231 e. The first-order valence-electron chi connectivity index (χ1n) is 8.97. The minimum Gasteiger partial charge on any atom is -0.454 e. The lowest BCUT2D eigenvalue weighted by Crippen LogP contribution is -1.93. The predicted molar refractivity (Wildman–Crippen MR) is 111 cm³/mol. The molecule has 0 saturated carbocycles. The van der Waals surface area contributed by atoms with Crippen LogP contribution in [0.3, 0.4) is 0 Å². The highest BCUT2D eigenvalue weighted by Crippen LogP contribution is 2.36. The third-order valence-electron chi connectivity index (χ3n) is 4.48. The molecule has 1 aromatic heterocycles. The van der Waals surface area contributed by atoms with Gasteiger partial charge < -0.3 is 14.8 Å². The molecule has 0 spiro atoms. The van der Waals surface area contributed by atoms with Crippen LogP contribution in [0.25, 0.3) is 16.8 Å². The molecule has 0 saturated heterocycles. The zero-order valence-electron chi connectivity index (χ0n) is 15.6. The summed E-state index contributed by atoms with van der Waals surface area (Å²) in [5.41, 5.74) is 4.44. The Kier molecular flexibility index (Phi) is 5.00. The van der Waals surface area contributed by atoms with E-state index < -0.39 is 0 Å². The average Bonchev–Trinajstić information content (AvgIpc) is 3.38. The number of aromatic nitrogens is 1. The van der Waals surface area contributed by atoms with E-state index in [0.29, 0.717) is 16.5 Å². The first-order valence-corrected chi connectivity index (χ1v) is 9.84. The van der Waals surface area contributed by atoms with Gasteiger partial charge in [0, 0.05) is 22.8 Å². The lowest BCUT2D eigenvalue weighted by atomic mass is 10.0. The molecule has 0 aliphatic carbocycles. The molecular formula is C22H19N3O2S. The maximum atomic E-state index is 9.55. The largest absolute Gasteiger partial charge is 0.454 e. The van der Waals surface area contributed by atoms with Gasteiger partial charge in [-0.3, -0.25) is 0 Å². The minimum atomic E-state index is 0.242. The van der Waals surface area contributed by atoms with E-state index in [1.165, 1.54) is 16.9 Å². The molecule has 0 radical (unpaired) electrons. The molecule has 0 bridgehead atoms. The predicted octanol–water partition coefficient (Wildman–Crippen LogP) is 5.64. The van der Waals surface area contributed by atoms with Crippen LogP contribution in [0.1, 0.15) is 30.3 Å². The molecule has 6 heteroatoms. The van der Waals surface area contributed by atoms with Crippen LogP contribution in [0.15, 0.2) is 54.0 Å². The van der Waals surface area contributed by atoms with Crippen LogP contribution in [-0.2, 0) is 0 Å². The van der Waals surface area contributed by atoms with Gasteiger partial charge in [0.15, 0.2) is 11.5 Å². The first kappa shape index (κ1) is 18.1. The molecule has 2 heterocycles. The summed E-state index contributed by atoms with van der Waals surface area (Å²) in [5, 5.41) is 15.3. The Morgan fingerprint density at radius 3 is 2.71 bits per heavy atom. The second-order valence-electron chi connectivity index (χ2n) is 6.70. The molecule has 3 aromatic rings. The molecule has 2 aromatic carbocycles. The molecule has 0 atom stereocenters. The molecule has 0 unspecified atom stereocenters. The second kappa shape index (κ2) is 7.75. The zero-order chi connectivity index (χ0) is 19.5. The Labute approximate surface area is 167 Å². The van der Waals surface area contributed by atoms with Crippen LogP contribution in [0.5, 0.6) is 11.5 Å². The number of thiazole rings is 1. The van der Waals surface area contributed by atoms with Crippen molar-refractivity contribution in [1.82, 2.24) is 4.98 Å². The van der Waals surface area contributed by atoms with Crippen molar-refractivity contribution in [3.05, 3.63) is 64.6 Å². The van der Waals surface area contributed by atoms with Gasteiger partial charge in [0.2, 0.25) is 6.79 Å². The van der Waals surface area contributed by atoms with E-state index >= 15 is 0 Å². The second-order valence-corrected chi connectivity index (χ2v) is 7.55. The normalized spacial score (nSPS) is 12.9. The van der Waals surface area contributed by atoms with Gasteiger partial charge in [0.25, 0.3) is 0 Å². The Morgan fingerprint density at radius 1 is 1.18 bits per heavy atom. The fourth-order valence-electron chi connectivity index (χ4n) is 2.85. The highest BCUT2D eigenvalue weighted by atomic mass is 32.1. The minimum absolute atomic E-state index is 0.242. The van der Waals surface area contributed by atoms with Gasteiger partial charge in [-0.05, 0) is 41.8 Å². The topological polar surface area (TPSA) is 67.2 Å². The summed E-state index contributed by atoms with van der Waals surface area (Å²) in [7, 11) is 0. The van der Waals surface area contributed by atoms with Crippen LogP contribution in [-0.4, -0.2) is 11.8 Å². The molecule has 1 aliphatic heterocycles. The molecule has 140 valence electrons. The number of nitrogens with one attached hydrogen (secondary N) is 1. The Hall–Kier alpha value is -3.30. The Bertz CT molecular complexity index is 1060. The fraction of sp³-hybridized carbons (Fsp3) is 0.182. The van der Waals surface area contributed by atoms with E-state index in [-0.39, 0.29) is 6.79 Å². The van der Waals surface area contributed by atoms with Gasteiger partial charge in [-0.2, -0.15) is 5.26 Å². The summed E-state index contributed by atoms with van der Waals surface area (Å²) in [6.07, 6.45) is 1.70. The highest BCUT2D eigenvalue weighted by Gasteiger charge is 2.16. The van der Waals surface area contributed by atoms with Crippen LogP contribution in [0.2, 0.25) is 0 Å². The third-order valence-corrected chi connectivity index (χ3v) is 5.36. The van der Waals surface area contributed by atoms with Crippen molar-refractivity contribution in [3.63, 3.8) is 0 Å². The summed E-state index contributed by atoms with van der Waals surface area (Å²) >= 11 is 1.44. The van der Waals surface area contributed by atoms with Crippen LogP contribution >= 0.6 is 11.3 Å². The lowest BCUT2D eigenvalue weighted by molar-refractivity contribution is 0.174. The summed E-state index contributed by atoms with van der Waals surface area (Å²) in [5.74, 6) is 1.95. The van der Waals surface area contributed by atoms with Crippen molar-refractivity contribution in [1.29, 1.82) is 5.26 Å². The quantitative estimate of drug-likeness (QED) is 0.572. The number of nitrogens with zero attached hydrogens (tertiary/aromatic N) is 2. The summed E-state index contributed by atoms with van der Waals surface area (Å²) in [4.78, 5) is 4.62. The van der Waals surface area contributed by atoms with Crippen molar-refractivity contribution in [2.24, 2.45) is 0 Å². The SMILES string of the molecule is CC(C)c1ccc(NC=C(C#N)c2nc(-c3ccc4c(c3)OCO4)cs2)cc1. The summed E-state index contributed by atoms with van der Waals surface area (Å²) < 4.78 is 10.8. The summed E-state index contributed by atoms with van der Waals surface area (Å²) in [6, 6.07) is 16.2. The number of hydrogen-bond donors (Lipinski definition) is 1. The van der Waals surface area contributed by atoms with Crippen molar-refractivity contribution in [3.8, 4) is 28.8 Å². The smallest absolute Gasteiger partial charge is 0.231 e. The molecule has 1 N–H and O–H groups in total. The molecule has 5 nitrogen and oxygen atoms in total. The molecule has 1 aliphatic rings. The zero-order valence-corrected chi connectivity index (χ0v) is 16.4. The highest BCUT2D eigenvalue weighted by molar-refractivity contribution is 7.11. The first-order chi connectivity index (χ1) is 13.6. The van der Waals surface area contributed by atoms with Gasteiger partial charge in [0.05, 0.1) is 5.69 Å². The van der Waals surface area contributed by atoms with Crippen molar-refractivity contribution in [2.75, 3.05) is 12.1 Å².